The van der Waals surface area contributed by atoms with Gasteiger partial charge >= 0.3 is 0 Å². The van der Waals surface area contributed by atoms with Crippen LogP contribution < -0.4 is 0 Å². The molecule has 0 unspecified atom stereocenters. The summed E-state index contributed by atoms with van der Waals surface area (Å²) in [5.41, 5.74) is 1.35. The number of benzene rings is 1. The zero-order chi connectivity index (χ0) is 22.2. The van der Waals surface area contributed by atoms with Crippen molar-refractivity contribution in [2.75, 3.05) is 19.8 Å². The number of aryl methyl sites for hydroxylation is 1. The quantitative estimate of drug-likeness (QED) is 0.176. The van der Waals surface area contributed by atoms with E-state index in [1.54, 1.807) is 0 Å². The topological polar surface area (TPSA) is 29.5 Å². The first-order valence-electron chi connectivity index (χ1n) is 13.6. The van der Waals surface area contributed by atoms with Crippen molar-refractivity contribution in [1.82, 2.24) is 0 Å². The molecule has 1 rings (SSSR count). The normalized spacial score (nSPS) is 12.3. The number of hydrogen-bond acceptors (Lipinski definition) is 2. The lowest BCUT2D eigenvalue weighted by atomic mass is 10.0. The number of ether oxygens (including phenoxy) is 1. The van der Waals surface area contributed by atoms with Crippen LogP contribution in [-0.2, 0) is 11.2 Å². The molecule has 0 saturated carbocycles. The second-order valence-corrected chi connectivity index (χ2v) is 9.45. The van der Waals surface area contributed by atoms with Gasteiger partial charge < -0.3 is 9.84 Å². The maximum absolute atomic E-state index is 9.57. The van der Waals surface area contributed by atoms with Crippen molar-refractivity contribution >= 4 is 0 Å². The Morgan fingerprint density at radius 3 is 1.65 bits per heavy atom. The minimum Gasteiger partial charge on any atom is -0.396 e. The lowest BCUT2D eigenvalue weighted by Crippen LogP contribution is -2.15. The van der Waals surface area contributed by atoms with Crippen LogP contribution in [0.5, 0.6) is 0 Å². The Kier molecular flexibility index (Phi) is 20.3. The number of hydrogen-bond donors (Lipinski definition) is 1. The molecule has 1 aromatic carbocycles. The van der Waals surface area contributed by atoms with Crippen molar-refractivity contribution in [3.63, 3.8) is 0 Å². The monoisotopic (exact) mass is 432 g/mol. The average Bonchev–Trinajstić information content (AvgIpc) is 2.81. The van der Waals surface area contributed by atoms with Gasteiger partial charge in [-0.05, 0) is 24.8 Å². The van der Waals surface area contributed by atoms with Gasteiger partial charge in [0.25, 0.3) is 0 Å². The minimum absolute atomic E-state index is 0.228. The van der Waals surface area contributed by atoms with E-state index < -0.39 is 0 Å². The van der Waals surface area contributed by atoms with Crippen molar-refractivity contribution in [3.05, 3.63) is 35.9 Å². The van der Waals surface area contributed by atoms with Crippen LogP contribution in [0.15, 0.2) is 30.3 Å². The van der Waals surface area contributed by atoms with Crippen LogP contribution in [0, 0.1) is 5.92 Å². The van der Waals surface area contributed by atoms with Gasteiger partial charge in [-0.3, -0.25) is 0 Å². The molecule has 180 valence electrons. The molecule has 31 heavy (non-hydrogen) atoms. The molecule has 0 spiro atoms. The third-order valence-corrected chi connectivity index (χ3v) is 6.44. The molecule has 2 heteroatoms. The molecule has 0 heterocycles. The van der Waals surface area contributed by atoms with E-state index in [0.717, 1.165) is 25.9 Å². The van der Waals surface area contributed by atoms with E-state index in [2.05, 4.69) is 31.2 Å². The second-order valence-electron chi connectivity index (χ2n) is 9.45. The highest BCUT2D eigenvalue weighted by atomic mass is 16.5. The highest BCUT2D eigenvalue weighted by Crippen LogP contribution is 2.14. The molecule has 0 aliphatic rings. The van der Waals surface area contributed by atoms with Gasteiger partial charge in [0, 0.05) is 19.1 Å². The van der Waals surface area contributed by atoms with Gasteiger partial charge in [-0.1, -0.05) is 134 Å². The summed E-state index contributed by atoms with van der Waals surface area (Å²) in [6.45, 7) is 4.06. The summed E-state index contributed by atoms with van der Waals surface area (Å²) >= 11 is 0. The van der Waals surface area contributed by atoms with Crippen LogP contribution in [0.2, 0.25) is 0 Å². The van der Waals surface area contributed by atoms with E-state index in [9.17, 15) is 5.11 Å². The first kappa shape index (κ1) is 28.2. The molecule has 1 atom stereocenters. The summed E-state index contributed by atoms with van der Waals surface area (Å²) in [7, 11) is 0. The predicted octanol–water partition coefficient (Wildman–Crippen LogP) is 8.51. The molecule has 1 aromatic rings. The maximum atomic E-state index is 9.57. The van der Waals surface area contributed by atoms with E-state index >= 15 is 0 Å². The van der Waals surface area contributed by atoms with Crippen LogP contribution >= 0.6 is 0 Å². The summed E-state index contributed by atoms with van der Waals surface area (Å²) in [6.07, 6.45) is 24.4. The van der Waals surface area contributed by atoms with Gasteiger partial charge in [0.2, 0.25) is 0 Å². The lowest BCUT2D eigenvalue weighted by Gasteiger charge is -2.14. The van der Waals surface area contributed by atoms with Gasteiger partial charge in [-0.2, -0.15) is 0 Å². The first-order chi connectivity index (χ1) is 15.4. The van der Waals surface area contributed by atoms with Gasteiger partial charge in [0.05, 0.1) is 6.61 Å². The van der Waals surface area contributed by atoms with E-state index in [1.165, 1.54) is 102 Å². The highest BCUT2D eigenvalue weighted by Gasteiger charge is 2.08. The summed E-state index contributed by atoms with van der Waals surface area (Å²) < 4.78 is 5.83. The van der Waals surface area contributed by atoms with E-state index in [4.69, 9.17) is 4.74 Å². The molecular weight excluding hydrogens is 380 g/mol. The molecule has 0 fully saturated rings. The van der Waals surface area contributed by atoms with Crippen molar-refractivity contribution in [2.24, 2.45) is 5.92 Å². The SMILES string of the molecule is CCCCCCCCCCCCCCCCCCOC[C@H](CO)CCc1ccccc1. The third-order valence-electron chi connectivity index (χ3n) is 6.44. The Bertz CT molecular complexity index is 459. The largest absolute Gasteiger partial charge is 0.396 e. The van der Waals surface area contributed by atoms with Gasteiger partial charge in [-0.25, -0.2) is 0 Å². The summed E-state index contributed by atoms with van der Waals surface area (Å²) in [4.78, 5) is 0. The Morgan fingerprint density at radius 2 is 1.16 bits per heavy atom. The molecule has 0 saturated heterocycles. The number of aliphatic hydroxyl groups excluding tert-OH is 1. The molecule has 0 aromatic heterocycles. The lowest BCUT2D eigenvalue weighted by molar-refractivity contribution is 0.0673. The third kappa shape index (κ3) is 18.4. The Labute approximate surface area is 194 Å². The Balaban J connectivity index is 1.78. The molecule has 1 N–H and O–H groups in total. The standard InChI is InChI=1S/C29H52O2/c1-2-3-4-5-6-7-8-9-10-11-12-13-14-15-16-20-25-31-27-29(26-30)24-23-28-21-18-17-19-22-28/h17-19,21-22,29-30H,2-16,20,23-27H2,1H3/t29-/m0/s1. The van der Waals surface area contributed by atoms with Crippen LogP contribution in [0.25, 0.3) is 0 Å². The fourth-order valence-corrected chi connectivity index (χ4v) is 4.25. The first-order valence-corrected chi connectivity index (χ1v) is 13.6. The van der Waals surface area contributed by atoms with Gasteiger partial charge in [0.1, 0.15) is 0 Å². The zero-order valence-corrected chi connectivity index (χ0v) is 20.7. The van der Waals surface area contributed by atoms with Gasteiger partial charge in [-0.15, -0.1) is 0 Å². The molecule has 2 nitrogen and oxygen atoms in total. The van der Waals surface area contributed by atoms with Crippen LogP contribution in [0.1, 0.15) is 122 Å². The zero-order valence-electron chi connectivity index (χ0n) is 20.7. The van der Waals surface area contributed by atoms with Crippen molar-refractivity contribution in [3.8, 4) is 0 Å². The molecule has 0 amide bonds. The van der Waals surface area contributed by atoms with E-state index in [1.807, 2.05) is 6.07 Å². The van der Waals surface area contributed by atoms with Crippen LogP contribution in [0.3, 0.4) is 0 Å². The summed E-state index contributed by atoms with van der Waals surface area (Å²) in [5, 5.41) is 9.57. The molecule has 0 aliphatic carbocycles. The molecular formula is C29H52O2. The highest BCUT2D eigenvalue weighted by molar-refractivity contribution is 5.14. The van der Waals surface area contributed by atoms with E-state index in [-0.39, 0.29) is 12.5 Å². The fraction of sp³-hybridized carbons (Fsp3) is 0.793. The van der Waals surface area contributed by atoms with Crippen molar-refractivity contribution in [1.29, 1.82) is 0 Å². The second kappa shape index (κ2) is 22.3. The Morgan fingerprint density at radius 1 is 0.677 bits per heavy atom. The maximum Gasteiger partial charge on any atom is 0.0516 e. The minimum atomic E-state index is 0.228. The van der Waals surface area contributed by atoms with Crippen molar-refractivity contribution in [2.45, 2.75) is 122 Å². The number of aliphatic hydroxyl groups is 1. The number of rotatable bonds is 23. The predicted molar refractivity (Wildman–Crippen MR) is 136 cm³/mol. The number of unbranched alkanes of at least 4 members (excludes halogenated alkanes) is 15. The smallest absolute Gasteiger partial charge is 0.0516 e. The molecule has 0 radical (unpaired) electrons. The summed E-state index contributed by atoms with van der Waals surface area (Å²) in [6, 6.07) is 10.5. The average molecular weight is 433 g/mol. The van der Waals surface area contributed by atoms with Gasteiger partial charge in [0.15, 0.2) is 0 Å². The fourth-order valence-electron chi connectivity index (χ4n) is 4.25. The van der Waals surface area contributed by atoms with E-state index in [0.29, 0.717) is 6.61 Å². The molecule has 0 aliphatic heterocycles. The molecule has 0 bridgehead atoms. The van der Waals surface area contributed by atoms with Crippen LogP contribution in [0.4, 0.5) is 0 Å². The Hall–Kier alpha value is -0.860. The van der Waals surface area contributed by atoms with Crippen LogP contribution in [-0.4, -0.2) is 24.9 Å². The summed E-state index contributed by atoms with van der Waals surface area (Å²) in [5.74, 6) is 0.265. The van der Waals surface area contributed by atoms with Crippen molar-refractivity contribution < 1.29 is 9.84 Å².